The van der Waals surface area contributed by atoms with Gasteiger partial charge in [0.1, 0.15) is 11.3 Å². The van der Waals surface area contributed by atoms with E-state index < -0.39 is 0 Å². The van der Waals surface area contributed by atoms with Crippen molar-refractivity contribution < 1.29 is 13.9 Å². The summed E-state index contributed by atoms with van der Waals surface area (Å²) in [6, 6.07) is 7.39. The summed E-state index contributed by atoms with van der Waals surface area (Å²) in [5.74, 6) is 1.09. The summed E-state index contributed by atoms with van der Waals surface area (Å²) < 4.78 is 10.7. The molecule has 0 spiro atoms. The number of hydrogen-bond acceptors (Lipinski definition) is 4. The second-order valence-corrected chi connectivity index (χ2v) is 5.20. The number of hydrogen-bond donors (Lipinski definition) is 0. The number of pyridine rings is 1. The van der Waals surface area contributed by atoms with Gasteiger partial charge in [-0.2, -0.15) is 0 Å². The van der Waals surface area contributed by atoms with Crippen molar-refractivity contribution >= 4 is 5.91 Å². The minimum atomic E-state index is -0.107. The van der Waals surface area contributed by atoms with Crippen LogP contribution in [0.3, 0.4) is 0 Å². The van der Waals surface area contributed by atoms with Gasteiger partial charge in [-0.15, -0.1) is 0 Å². The molecule has 2 heterocycles. The van der Waals surface area contributed by atoms with Crippen molar-refractivity contribution in [3.05, 3.63) is 48.0 Å². The second-order valence-electron chi connectivity index (χ2n) is 5.20. The van der Waals surface area contributed by atoms with Crippen LogP contribution in [0.5, 0.6) is 5.88 Å². The van der Waals surface area contributed by atoms with Gasteiger partial charge in [-0.3, -0.25) is 4.79 Å². The fraction of sp³-hybridized carbons (Fsp3) is 0.375. The van der Waals surface area contributed by atoms with Crippen molar-refractivity contribution in [2.45, 2.75) is 31.8 Å². The molecule has 1 saturated carbocycles. The molecular formula is C16H18N2O3. The third-order valence-corrected chi connectivity index (χ3v) is 3.74. The maximum Gasteiger partial charge on any atom is 0.260 e. The van der Waals surface area contributed by atoms with Crippen LogP contribution in [0.2, 0.25) is 0 Å². The minimum Gasteiger partial charge on any atom is -0.480 e. The smallest absolute Gasteiger partial charge is 0.260 e. The zero-order chi connectivity index (χ0) is 14.8. The first-order valence-electron chi connectivity index (χ1n) is 7.07. The molecule has 0 aliphatic heterocycles. The molecule has 0 radical (unpaired) electrons. The molecule has 1 fully saturated rings. The number of amides is 1. The van der Waals surface area contributed by atoms with Crippen LogP contribution in [0, 0.1) is 0 Å². The van der Waals surface area contributed by atoms with E-state index in [1.165, 1.54) is 7.11 Å². The molecule has 0 aromatic carbocycles. The third-order valence-electron chi connectivity index (χ3n) is 3.74. The van der Waals surface area contributed by atoms with Crippen LogP contribution in [0.25, 0.3) is 0 Å². The Bertz CT molecular complexity index is 620. The van der Waals surface area contributed by atoms with E-state index in [9.17, 15) is 4.79 Å². The van der Waals surface area contributed by atoms with Crippen molar-refractivity contribution in [2.75, 3.05) is 7.11 Å². The first-order valence-corrected chi connectivity index (χ1v) is 7.07. The summed E-state index contributed by atoms with van der Waals surface area (Å²) in [5, 5.41) is 0. The average molecular weight is 286 g/mol. The van der Waals surface area contributed by atoms with Crippen molar-refractivity contribution in [1.82, 2.24) is 9.88 Å². The summed E-state index contributed by atoms with van der Waals surface area (Å²) in [7, 11) is 1.52. The summed E-state index contributed by atoms with van der Waals surface area (Å²) in [4.78, 5) is 18.9. The van der Waals surface area contributed by atoms with E-state index in [1.54, 1.807) is 24.6 Å². The predicted octanol–water partition coefficient (Wildman–Crippen LogP) is 3.05. The number of aromatic nitrogens is 1. The first-order chi connectivity index (χ1) is 10.2. The lowest BCUT2D eigenvalue weighted by atomic mass is 10.1. The maximum atomic E-state index is 12.9. The minimum absolute atomic E-state index is 0.0636. The predicted molar refractivity (Wildman–Crippen MR) is 77.1 cm³/mol. The van der Waals surface area contributed by atoms with E-state index in [0.29, 0.717) is 11.4 Å². The molecule has 5 nitrogen and oxygen atoms in total. The number of furan rings is 1. The van der Waals surface area contributed by atoms with Crippen LogP contribution < -0.4 is 4.74 Å². The Balaban J connectivity index is 1.92. The topological polar surface area (TPSA) is 55.6 Å². The van der Waals surface area contributed by atoms with E-state index in [-0.39, 0.29) is 18.0 Å². The molecule has 0 unspecified atom stereocenters. The Labute approximate surface area is 123 Å². The standard InChI is InChI=1S/C16H18N2O3/c1-11(14-6-4-10-21-14)18(12-7-8-12)16(19)13-5-3-9-17-15(13)20-2/h3-6,9-12H,7-8H2,1-2H3/t11-/m1/s1. The highest BCUT2D eigenvalue weighted by Crippen LogP contribution is 2.36. The summed E-state index contributed by atoms with van der Waals surface area (Å²) in [6.07, 6.45) is 5.30. The first kappa shape index (κ1) is 13.7. The number of carbonyl (C=O) groups is 1. The lowest BCUT2D eigenvalue weighted by Gasteiger charge is -2.28. The van der Waals surface area contributed by atoms with Crippen LogP contribution in [0.15, 0.2) is 41.1 Å². The normalized spacial score (nSPS) is 15.5. The second kappa shape index (κ2) is 5.60. The fourth-order valence-electron chi connectivity index (χ4n) is 2.53. The highest BCUT2D eigenvalue weighted by Gasteiger charge is 2.38. The van der Waals surface area contributed by atoms with Crippen molar-refractivity contribution in [1.29, 1.82) is 0 Å². The number of carbonyl (C=O) groups excluding carboxylic acids is 1. The van der Waals surface area contributed by atoms with Gasteiger partial charge in [0.05, 0.1) is 19.4 Å². The zero-order valence-corrected chi connectivity index (χ0v) is 12.2. The molecule has 0 saturated heterocycles. The van der Waals surface area contributed by atoms with Crippen molar-refractivity contribution in [2.24, 2.45) is 0 Å². The molecule has 21 heavy (non-hydrogen) atoms. The lowest BCUT2D eigenvalue weighted by Crippen LogP contribution is -2.35. The Morgan fingerprint density at radius 3 is 2.86 bits per heavy atom. The van der Waals surface area contributed by atoms with Crippen LogP contribution >= 0.6 is 0 Å². The molecule has 2 aromatic rings. The SMILES string of the molecule is COc1ncccc1C(=O)N(C1CC1)[C@H](C)c1ccco1. The van der Waals surface area contributed by atoms with Crippen molar-refractivity contribution in [3.63, 3.8) is 0 Å². The molecule has 1 amide bonds. The van der Waals surface area contributed by atoms with Crippen LogP contribution in [0.1, 0.15) is 41.9 Å². The summed E-state index contributed by atoms with van der Waals surface area (Å²) >= 11 is 0. The van der Waals surface area contributed by atoms with Crippen LogP contribution in [-0.4, -0.2) is 28.9 Å². The van der Waals surface area contributed by atoms with Gasteiger partial charge in [0.15, 0.2) is 0 Å². The van der Waals surface area contributed by atoms with E-state index >= 15 is 0 Å². The average Bonchev–Trinajstić information content (AvgIpc) is 3.18. The maximum absolute atomic E-state index is 12.9. The molecule has 1 aliphatic carbocycles. The highest BCUT2D eigenvalue weighted by atomic mass is 16.5. The van der Waals surface area contributed by atoms with Crippen molar-refractivity contribution in [3.8, 4) is 5.88 Å². The van der Waals surface area contributed by atoms with Gasteiger partial charge in [0, 0.05) is 12.2 Å². The van der Waals surface area contributed by atoms with E-state index in [2.05, 4.69) is 4.98 Å². The third kappa shape index (κ3) is 2.63. The van der Waals surface area contributed by atoms with Gasteiger partial charge in [-0.25, -0.2) is 4.98 Å². The summed E-state index contributed by atoms with van der Waals surface area (Å²) in [5.41, 5.74) is 0.491. The Morgan fingerprint density at radius 2 is 2.24 bits per heavy atom. The Kier molecular flexibility index (Phi) is 3.64. The largest absolute Gasteiger partial charge is 0.480 e. The molecule has 0 N–H and O–H groups in total. The molecule has 1 aliphatic rings. The molecule has 0 bridgehead atoms. The Morgan fingerprint density at radius 1 is 1.43 bits per heavy atom. The number of ether oxygens (including phenoxy) is 1. The van der Waals surface area contributed by atoms with Gasteiger partial charge in [0.2, 0.25) is 5.88 Å². The van der Waals surface area contributed by atoms with E-state index in [1.807, 2.05) is 24.0 Å². The summed E-state index contributed by atoms with van der Waals surface area (Å²) in [6.45, 7) is 1.98. The molecular weight excluding hydrogens is 268 g/mol. The van der Waals surface area contributed by atoms with Gasteiger partial charge in [-0.1, -0.05) is 0 Å². The zero-order valence-electron chi connectivity index (χ0n) is 12.2. The number of nitrogens with zero attached hydrogens (tertiary/aromatic N) is 2. The van der Waals surface area contributed by atoms with Gasteiger partial charge < -0.3 is 14.1 Å². The highest BCUT2D eigenvalue weighted by molar-refractivity contribution is 5.97. The molecule has 110 valence electrons. The van der Waals surface area contributed by atoms with Gasteiger partial charge in [-0.05, 0) is 44.0 Å². The Hall–Kier alpha value is -2.30. The fourth-order valence-corrected chi connectivity index (χ4v) is 2.53. The quantitative estimate of drug-likeness (QED) is 0.847. The lowest BCUT2D eigenvalue weighted by molar-refractivity contribution is 0.0648. The molecule has 1 atom stereocenters. The number of rotatable bonds is 5. The number of methoxy groups -OCH3 is 1. The molecule has 3 rings (SSSR count). The monoisotopic (exact) mass is 286 g/mol. The molecule has 5 heteroatoms. The van der Waals surface area contributed by atoms with Gasteiger partial charge in [0.25, 0.3) is 5.91 Å². The molecule has 2 aromatic heterocycles. The van der Waals surface area contributed by atoms with Gasteiger partial charge >= 0.3 is 0 Å². The van der Waals surface area contributed by atoms with Crippen LogP contribution in [0.4, 0.5) is 0 Å². The van der Waals surface area contributed by atoms with E-state index in [4.69, 9.17) is 9.15 Å². The van der Waals surface area contributed by atoms with Crippen LogP contribution in [-0.2, 0) is 0 Å². The van der Waals surface area contributed by atoms with E-state index in [0.717, 1.165) is 18.6 Å².